The van der Waals surface area contributed by atoms with Crippen LogP contribution in [0, 0.1) is 0 Å². The monoisotopic (exact) mass is 340 g/mol. The number of urea groups is 1. The van der Waals surface area contributed by atoms with Crippen molar-refractivity contribution in [2.45, 2.75) is 32.4 Å². The molecule has 0 bridgehead atoms. The zero-order valence-corrected chi connectivity index (χ0v) is 13.8. The lowest BCUT2D eigenvalue weighted by molar-refractivity contribution is -0.132. The molecule has 4 rings (SSSR count). The van der Waals surface area contributed by atoms with Crippen molar-refractivity contribution in [1.29, 1.82) is 0 Å². The largest absolute Gasteiger partial charge is 0.458 e. The van der Waals surface area contributed by atoms with Crippen LogP contribution >= 0.6 is 0 Å². The summed E-state index contributed by atoms with van der Waals surface area (Å²) >= 11 is 0. The average Bonchev–Trinajstić information content (AvgIpc) is 3.29. The molecule has 0 aliphatic carbocycles. The third-order valence-electron chi connectivity index (χ3n) is 4.31. The van der Waals surface area contributed by atoms with Gasteiger partial charge in [-0.15, -0.1) is 0 Å². The van der Waals surface area contributed by atoms with Crippen molar-refractivity contribution in [3.05, 3.63) is 47.8 Å². The highest BCUT2D eigenvalue weighted by Crippen LogP contribution is 2.33. The maximum Gasteiger partial charge on any atom is 0.325 e. The maximum atomic E-state index is 12.9. The van der Waals surface area contributed by atoms with Crippen molar-refractivity contribution in [1.82, 2.24) is 20.4 Å². The molecule has 1 aliphatic rings. The predicted octanol–water partition coefficient (Wildman–Crippen LogP) is 2.35. The number of carbonyl (C=O) groups excluding carboxylic acids is 2. The van der Waals surface area contributed by atoms with Gasteiger partial charge in [0.25, 0.3) is 5.91 Å². The van der Waals surface area contributed by atoms with E-state index in [0.717, 1.165) is 10.3 Å². The van der Waals surface area contributed by atoms with Crippen LogP contribution < -0.4 is 5.32 Å². The van der Waals surface area contributed by atoms with Gasteiger partial charge in [-0.3, -0.25) is 9.69 Å². The van der Waals surface area contributed by atoms with E-state index in [2.05, 4.69) is 15.5 Å². The Morgan fingerprint density at radius 1 is 1.28 bits per heavy atom. The van der Waals surface area contributed by atoms with E-state index in [9.17, 15) is 9.59 Å². The van der Waals surface area contributed by atoms with Crippen LogP contribution in [0.3, 0.4) is 0 Å². The van der Waals surface area contributed by atoms with Crippen LogP contribution in [0.2, 0.25) is 0 Å². The van der Waals surface area contributed by atoms with Crippen molar-refractivity contribution in [2.24, 2.45) is 0 Å². The zero-order valence-electron chi connectivity index (χ0n) is 13.8. The molecular weight excluding hydrogens is 324 g/mol. The highest BCUT2D eigenvalue weighted by Gasteiger charge is 2.51. The van der Waals surface area contributed by atoms with Gasteiger partial charge < -0.3 is 14.3 Å². The molecule has 8 nitrogen and oxygen atoms in total. The fourth-order valence-electron chi connectivity index (χ4n) is 2.87. The Bertz CT molecular complexity index is 943. The Morgan fingerprint density at radius 3 is 2.80 bits per heavy atom. The lowest BCUT2D eigenvalue weighted by Crippen LogP contribution is -2.40. The van der Waals surface area contributed by atoms with Gasteiger partial charge >= 0.3 is 6.03 Å². The number of carbonyl (C=O) groups is 2. The Hall–Kier alpha value is -3.16. The number of hydrogen-bond acceptors (Lipinski definition) is 6. The fourth-order valence-corrected chi connectivity index (χ4v) is 2.87. The number of fused-ring (bicyclic) bond motifs is 1. The molecule has 1 aromatic carbocycles. The second kappa shape index (κ2) is 5.44. The first-order valence-electron chi connectivity index (χ1n) is 7.96. The average molecular weight is 340 g/mol. The van der Waals surface area contributed by atoms with Gasteiger partial charge in [-0.05, 0) is 19.1 Å². The first-order chi connectivity index (χ1) is 12.0. The van der Waals surface area contributed by atoms with Crippen LogP contribution in [0.5, 0.6) is 0 Å². The molecule has 8 heteroatoms. The fraction of sp³-hybridized carbons (Fsp3) is 0.294. The van der Waals surface area contributed by atoms with E-state index in [1.165, 1.54) is 0 Å². The van der Waals surface area contributed by atoms with Crippen LogP contribution in [0.4, 0.5) is 4.79 Å². The van der Waals surface area contributed by atoms with Crippen LogP contribution in [0.1, 0.15) is 31.3 Å². The zero-order chi connectivity index (χ0) is 17.6. The summed E-state index contributed by atoms with van der Waals surface area (Å²) in [5.74, 6) is 0.707. The molecule has 3 heterocycles. The van der Waals surface area contributed by atoms with Gasteiger partial charge in [0.1, 0.15) is 17.9 Å². The van der Waals surface area contributed by atoms with E-state index >= 15 is 0 Å². The molecular formula is C17H16N4O4. The molecule has 1 aliphatic heterocycles. The summed E-state index contributed by atoms with van der Waals surface area (Å²) in [6.07, 6.45) is 0.611. The molecule has 1 N–H and O–H groups in total. The molecule has 25 heavy (non-hydrogen) atoms. The molecule has 0 spiro atoms. The van der Waals surface area contributed by atoms with Crippen LogP contribution in [0.25, 0.3) is 11.0 Å². The van der Waals surface area contributed by atoms with E-state index in [4.69, 9.17) is 8.94 Å². The van der Waals surface area contributed by atoms with E-state index in [0.29, 0.717) is 23.6 Å². The summed E-state index contributed by atoms with van der Waals surface area (Å²) in [6.45, 7) is 3.44. The summed E-state index contributed by atoms with van der Waals surface area (Å²) in [5.41, 5.74) is -0.618. The van der Waals surface area contributed by atoms with Gasteiger partial charge in [0.2, 0.25) is 5.89 Å². The Morgan fingerprint density at radius 2 is 2.08 bits per heavy atom. The minimum atomic E-state index is -1.27. The molecule has 2 aromatic heterocycles. The summed E-state index contributed by atoms with van der Waals surface area (Å²) in [5, 5.41) is 7.34. The smallest absolute Gasteiger partial charge is 0.325 e. The molecule has 0 radical (unpaired) electrons. The van der Waals surface area contributed by atoms with Crippen LogP contribution in [-0.2, 0) is 23.3 Å². The quantitative estimate of drug-likeness (QED) is 0.732. The van der Waals surface area contributed by atoms with Gasteiger partial charge in [-0.25, -0.2) is 4.79 Å². The molecule has 1 fully saturated rings. The summed E-state index contributed by atoms with van der Waals surface area (Å²) in [4.78, 5) is 30.4. The van der Waals surface area contributed by atoms with Crippen molar-refractivity contribution in [3.63, 3.8) is 0 Å². The molecule has 128 valence electrons. The molecule has 3 aromatic rings. The normalized spacial score (nSPS) is 20.5. The number of amides is 3. The van der Waals surface area contributed by atoms with E-state index in [1.54, 1.807) is 13.0 Å². The molecule has 1 unspecified atom stereocenters. The van der Waals surface area contributed by atoms with Gasteiger partial charge in [-0.2, -0.15) is 4.98 Å². The molecule has 0 saturated carbocycles. The van der Waals surface area contributed by atoms with Gasteiger partial charge in [0.05, 0.1) is 0 Å². The first-order valence-corrected chi connectivity index (χ1v) is 7.96. The topological polar surface area (TPSA) is 101 Å². The highest BCUT2D eigenvalue weighted by molar-refractivity contribution is 6.07. The van der Waals surface area contributed by atoms with E-state index in [-0.39, 0.29) is 12.4 Å². The third-order valence-corrected chi connectivity index (χ3v) is 4.31. The first kappa shape index (κ1) is 15.4. The van der Waals surface area contributed by atoms with Crippen molar-refractivity contribution >= 4 is 22.9 Å². The third kappa shape index (κ3) is 2.37. The van der Waals surface area contributed by atoms with E-state index < -0.39 is 17.5 Å². The number of imide groups is 1. The Balaban J connectivity index is 1.65. The maximum absolute atomic E-state index is 12.9. The number of aryl methyl sites for hydroxylation is 1. The lowest BCUT2D eigenvalue weighted by atomic mass is 9.99. The second-order valence-electron chi connectivity index (χ2n) is 6.05. The van der Waals surface area contributed by atoms with Crippen LogP contribution in [0.15, 0.2) is 39.3 Å². The molecule has 1 saturated heterocycles. The van der Waals surface area contributed by atoms with Crippen molar-refractivity contribution in [2.75, 3.05) is 0 Å². The number of hydrogen-bond donors (Lipinski definition) is 1. The Kier molecular flexibility index (Phi) is 3.34. The van der Waals surface area contributed by atoms with E-state index in [1.807, 2.05) is 31.2 Å². The van der Waals surface area contributed by atoms with Crippen molar-refractivity contribution in [3.8, 4) is 0 Å². The van der Waals surface area contributed by atoms with Gasteiger partial charge in [-0.1, -0.05) is 30.3 Å². The molecule has 3 amide bonds. The number of nitrogens with zero attached hydrogens (tertiary/aromatic N) is 3. The second-order valence-corrected chi connectivity index (χ2v) is 6.05. The number of benzene rings is 1. The molecule has 1 atom stereocenters. The number of rotatable bonds is 4. The van der Waals surface area contributed by atoms with Crippen LogP contribution in [-0.4, -0.2) is 27.0 Å². The SMILES string of the molecule is CCc1noc(CN2C(=O)NC(C)(c3cc4ccccc4o3)C2=O)n1. The highest BCUT2D eigenvalue weighted by atomic mass is 16.5. The minimum absolute atomic E-state index is 0.0759. The predicted molar refractivity (Wildman–Crippen MR) is 86.3 cm³/mol. The van der Waals surface area contributed by atoms with Gasteiger partial charge in [0, 0.05) is 11.8 Å². The standard InChI is InChI=1S/C17H16N4O4/c1-3-13-18-14(25-20-13)9-21-15(22)17(2,19-16(21)23)12-8-10-6-4-5-7-11(10)24-12/h4-8H,3,9H2,1-2H3,(H,19,23). The Labute approximate surface area is 142 Å². The number of nitrogens with one attached hydrogen (secondary N) is 1. The summed E-state index contributed by atoms with van der Waals surface area (Å²) < 4.78 is 10.9. The number of furan rings is 1. The summed E-state index contributed by atoms with van der Waals surface area (Å²) in [6, 6.07) is 8.66. The minimum Gasteiger partial charge on any atom is -0.458 e. The van der Waals surface area contributed by atoms with Crippen molar-refractivity contribution < 1.29 is 18.5 Å². The lowest BCUT2D eigenvalue weighted by Gasteiger charge is -2.18. The number of aromatic nitrogens is 2. The van der Waals surface area contributed by atoms with Gasteiger partial charge in [0.15, 0.2) is 11.4 Å². The summed E-state index contributed by atoms with van der Waals surface area (Å²) in [7, 11) is 0. The number of para-hydroxylation sites is 1.